The van der Waals surface area contributed by atoms with Crippen molar-refractivity contribution in [2.24, 2.45) is 0 Å². The minimum atomic E-state index is -3.60. The number of piperidine rings is 1. The number of hydrogen-bond donors (Lipinski definition) is 2. The van der Waals surface area contributed by atoms with Crippen LogP contribution in [0.2, 0.25) is 0 Å². The quantitative estimate of drug-likeness (QED) is 0.801. The molecule has 1 fully saturated rings. The van der Waals surface area contributed by atoms with Crippen LogP contribution < -0.4 is 10.0 Å². The van der Waals surface area contributed by atoms with E-state index in [1.807, 2.05) is 6.92 Å². The minimum Gasteiger partial charge on any atom is -0.313 e. The molecule has 1 aromatic rings. The lowest BCUT2D eigenvalue weighted by molar-refractivity contribution is 0.0988. The first-order valence-electron chi connectivity index (χ1n) is 7.33. The molecule has 1 aliphatic heterocycles. The molecule has 2 N–H and O–H groups in total. The van der Waals surface area contributed by atoms with Crippen molar-refractivity contribution in [1.82, 2.24) is 10.0 Å². The lowest BCUT2D eigenvalue weighted by Gasteiger charge is -2.30. The van der Waals surface area contributed by atoms with Crippen LogP contribution >= 0.6 is 12.4 Å². The van der Waals surface area contributed by atoms with E-state index in [-0.39, 0.29) is 35.2 Å². The number of hydrogen-bond acceptors (Lipinski definition) is 4. The highest BCUT2D eigenvalue weighted by atomic mass is 35.5. The maximum absolute atomic E-state index is 12.5. The molecule has 0 spiro atoms. The Morgan fingerprint density at radius 3 is 2.77 bits per heavy atom. The van der Waals surface area contributed by atoms with Crippen LogP contribution in [0.1, 0.15) is 43.5 Å². The monoisotopic (exact) mass is 346 g/mol. The van der Waals surface area contributed by atoms with Crippen LogP contribution in [0, 0.1) is 0 Å². The second-order valence-corrected chi connectivity index (χ2v) is 7.13. The third-order valence-electron chi connectivity index (χ3n) is 3.86. The first-order valence-corrected chi connectivity index (χ1v) is 8.81. The molecular formula is C15H23ClN2O3S. The van der Waals surface area contributed by atoms with Gasteiger partial charge in [-0.25, -0.2) is 13.1 Å². The summed E-state index contributed by atoms with van der Waals surface area (Å²) in [7, 11) is -3.60. The van der Waals surface area contributed by atoms with E-state index in [4.69, 9.17) is 0 Å². The Hall–Kier alpha value is -0.950. The summed E-state index contributed by atoms with van der Waals surface area (Å²) in [6.07, 6.45) is 2.13. The number of Topliss-reactive ketones (excluding diaryl/α,β-unsaturated/α-hetero) is 1. The van der Waals surface area contributed by atoms with E-state index in [0.29, 0.717) is 12.0 Å². The molecule has 5 nitrogen and oxygen atoms in total. The summed E-state index contributed by atoms with van der Waals surface area (Å²) in [5, 5.41) is 3.26. The second kappa shape index (κ2) is 8.06. The molecule has 0 radical (unpaired) electrons. The number of rotatable bonds is 5. The van der Waals surface area contributed by atoms with E-state index >= 15 is 0 Å². The van der Waals surface area contributed by atoms with Crippen LogP contribution in [0.15, 0.2) is 29.2 Å². The summed E-state index contributed by atoms with van der Waals surface area (Å²) in [6.45, 7) is 4.65. The molecule has 0 aliphatic carbocycles. The molecule has 1 saturated heterocycles. The standard InChI is InChI=1S/C15H22N2O3S.ClH/c1-3-15(18)12-6-4-7-13(10-12)21(19,20)17-14-8-5-9-16-11(14)2;/h4,6-7,10-11,14,16-17H,3,5,8-9H2,1-2H3;1H. The predicted octanol–water partition coefficient (Wildman–Crippen LogP) is 2.12. The van der Waals surface area contributed by atoms with Gasteiger partial charge in [-0.15, -0.1) is 12.4 Å². The van der Waals surface area contributed by atoms with Crippen molar-refractivity contribution in [1.29, 1.82) is 0 Å². The van der Waals surface area contributed by atoms with Crippen molar-refractivity contribution in [2.45, 2.75) is 50.1 Å². The maximum Gasteiger partial charge on any atom is 0.240 e. The zero-order valence-corrected chi connectivity index (χ0v) is 14.5. The number of ketones is 1. The molecule has 1 heterocycles. The predicted molar refractivity (Wildman–Crippen MR) is 89.1 cm³/mol. The summed E-state index contributed by atoms with van der Waals surface area (Å²) in [5.74, 6) is -0.0558. The van der Waals surface area contributed by atoms with Gasteiger partial charge in [0.2, 0.25) is 10.0 Å². The van der Waals surface area contributed by atoms with Gasteiger partial charge in [-0.05, 0) is 38.4 Å². The fraction of sp³-hybridized carbons (Fsp3) is 0.533. The molecule has 0 bridgehead atoms. The molecule has 2 atom stereocenters. The first-order chi connectivity index (χ1) is 9.94. The number of carbonyl (C=O) groups is 1. The third kappa shape index (κ3) is 4.52. The van der Waals surface area contributed by atoms with E-state index in [1.54, 1.807) is 19.1 Å². The Balaban J connectivity index is 0.00000242. The van der Waals surface area contributed by atoms with Crippen molar-refractivity contribution in [2.75, 3.05) is 6.54 Å². The molecule has 22 heavy (non-hydrogen) atoms. The van der Waals surface area contributed by atoms with Gasteiger partial charge in [0.05, 0.1) is 4.90 Å². The van der Waals surface area contributed by atoms with Gasteiger partial charge in [0, 0.05) is 24.1 Å². The lowest BCUT2D eigenvalue weighted by Crippen LogP contribution is -2.51. The molecule has 1 aliphatic rings. The first kappa shape index (κ1) is 19.1. The summed E-state index contributed by atoms with van der Waals surface area (Å²) >= 11 is 0. The molecule has 2 unspecified atom stereocenters. The Bertz CT molecular complexity index is 619. The van der Waals surface area contributed by atoms with Gasteiger partial charge >= 0.3 is 0 Å². The molecule has 0 amide bonds. The Labute approximate surface area is 138 Å². The van der Waals surface area contributed by atoms with Crippen molar-refractivity contribution in [3.63, 3.8) is 0 Å². The van der Waals surface area contributed by atoms with E-state index in [1.165, 1.54) is 12.1 Å². The molecule has 2 rings (SSSR count). The van der Waals surface area contributed by atoms with Crippen LogP contribution in [-0.4, -0.2) is 32.8 Å². The summed E-state index contributed by atoms with van der Waals surface area (Å²) in [6, 6.07) is 6.23. The van der Waals surface area contributed by atoms with Crippen molar-refractivity contribution in [3.05, 3.63) is 29.8 Å². The zero-order valence-electron chi connectivity index (χ0n) is 12.8. The largest absolute Gasteiger partial charge is 0.313 e. The number of sulfonamides is 1. The molecule has 1 aromatic carbocycles. The Kier molecular flexibility index (Phi) is 6.99. The Morgan fingerprint density at radius 1 is 1.41 bits per heavy atom. The fourth-order valence-electron chi connectivity index (χ4n) is 2.51. The van der Waals surface area contributed by atoms with E-state index < -0.39 is 10.0 Å². The van der Waals surface area contributed by atoms with E-state index in [2.05, 4.69) is 10.0 Å². The van der Waals surface area contributed by atoms with E-state index in [0.717, 1.165) is 19.4 Å². The number of halogens is 1. The average molecular weight is 347 g/mol. The molecule has 0 saturated carbocycles. The highest BCUT2D eigenvalue weighted by Gasteiger charge is 2.26. The van der Waals surface area contributed by atoms with Gasteiger partial charge in [-0.1, -0.05) is 19.1 Å². The van der Waals surface area contributed by atoms with Crippen LogP contribution in [0.5, 0.6) is 0 Å². The van der Waals surface area contributed by atoms with Gasteiger partial charge in [0.15, 0.2) is 5.78 Å². The van der Waals surface area contributed by atoms with Gasteiger partial charge in [0.25, 0.3) is 0 Å². The maximum atomic E-state index is 12.5. The lowest BCUT2D eigenvalue weighted by atomic mass is 10.0. The Morgan fingerprint density at radius 2 is 2.14 bits per heavy atom. The summed E-state index contributed by atoms with van der Waals surface area (Å²) in [5.41, 5.74) is 0.440. The van der Waals surface area contributed by atoms with Crippen LogP contribution in [0.25, 0.3) is 0 Å². The average Bonchev–Trinajstić information content (AvgIpc) is 2.49. The second-order valence-electron chi connectivity index (χ2n) is 5.42. The third-order valence-corrected chi connectivity index (χ3v) is 5.34. The molecule has 124 valence electrons. The van der Waals surface area contributed by atoms with Gasteiger partial charge in [-0.3, -0.25) is 4.79 Å². The highest BCUT2D eigenvalue weighted by Crippen LogP contribution is 2.16. The number of carbonyl (C=O) groups excluding carboxylic acids is 1. The number of nitrogens with one attached hydrogen (secondary N) is 2. The van der Waals surface area contributed by atoms with Crippen LogP contribution in [0.4, 0.5) is 0 Å². The smallest absolute Gasteiger partial charge is 0.240 e. The summed E-state index contributed by atoms with van der Waals surface area (Å²) in [4.78, 5) is 11.9. The fourth-order valence-corrected chi connectivity index (χ4v) is 3.91. The van der Waals surface area contributed by atoms with E-state index in [9.17, 15) is 13.2 Å². The molecular weight excluding hydrogens is 324 g/mol. The SMILES string of the molecule is CCC(=O)c1cccc(S(=O)(=O)NC2CCCNC2C)c1.Cl. The van der Waals surface area contributed by atoms with Gasteiger partial charge < -0.3 is 5.32 Å². The minimum absolute atomic E-state index is 0. The van der Waals surface area contributed by atoms with Gasteiger partial charge in [0.1, 0.15) is 0 Å². The van der Waals surface area contributed by atoms with Crippen LogP contribution in [-0.2, 0) is 10.0 Å². The molecule has 0 aromatic heterocycles. The van der Waals surface area contributed by atoms with Gasteiger partial charge in [-0.2, -0.15) is 0 Å². The zero-order chi connectivity index (χ0) is 15.5. The highest BCUT2D eigenvalue weighted by molar-refractivity contribution is 7.89. The molecule has 7 heteroatoms. The van der Waals surface area contributed by atoms with Crippen molar-refractivity contribution >= 4 is 28.2 Å². The van der Waals surface area contributed by atoms with Crippen molar-refractivity contribution < 1.29 is 13.2 Å². The summed E-state index contributed by atoms with van der Waals surface area (Å²) < 4.78 is 27.7. The number of benzene rings is 1. The van der Waals surface area contributed by atoms with Crippen molar-refractivity contribution in [3.8, 4) is 0 Å². The van der Waals surface area contributed by atoms with Crippen LogP contribution in [0.3, 0.4) is 0 Å². The normalized spacial score (nSPS) is 21.9. The topological polar surface area (TPSA) is 75.3 Å².